The van der Waals surface area contributed by atoms with Crippen LogP contribution in [0, 0.1) is 5.92 Å². The number of benzene rings is 1. The summed E-state index contributed by atoms with van der Waals surface area (Å²) >= 11 is 19.8. The highest BCUT2D eigenvalue weighted by molar-refractivity contribution is 9.40. The molecule has 6 nitrogen and oxygen atoms in total. The second-order valence-corrected chi connectivity index (χ2v) is 22.9. The molecule has 0 aromatic heterocycles. The highest BCUT2D eigenvalue weighted by atomic mass is 80.0. The molecular weight excluding hydrogens is 824 g/mol. The van der Waals surface area contributed by atoms with E-state index in [9.17, 15) is 14.4 Å². The standard InChI is InChI=1S/C21H20Br6N2O4/c22-20(23,24)15(31)28-17-6-12-7-18(9-17,29-16(32)21(25,26)27)11-19(8-12,10-17)33-14(30)13-4-2-1-3-5-13/h1-5,12H,6-11H2,(H,28,31)(H,29,32). The molecule has 4 bridgehead atoms. The minimum atomic E-state index is -1.11. The summed E-state index contributed by atoms with van der Waals surface area (Å²) in [4.78, 5) is 38.9. The molecule has 2 N–H and O–H groups in total. The number of ether oxygens (including phenoxy) is 1. The van der Waals surface area contributed by atoms with Gasteiger partial charge in [-0.25, -0.2) is 4.79 Å². The summed E-state index contributed by atoms with van der Waals surface area (Å²) in [5.41, 5.74) is -1.58. The molecule has 4 aliphatic rings. The Morgan fingerprint density at radius 1 is 0.788 bits per heavy atom. The van der Waals surface area contributed by atoms with Crippen molar-refractivity contribution in [3.8, 4) is 0 Å². The van der Waals surface area contributed by atoms with E-state index >= 15 is 0 Å². The average molecular weight is 844 g/mol. The highest BCUT2D eigenvalue weighted by Crippen LogP contribution is 2.61. The van der Waals surface area contributed by atoms with E-state index in [0.717, 1.165) is 12.8 Å². The van der Waals surface area contributed by atoms with Crippen molar-refractivity contribution in [3.63, 3.8) is 0 Å². The molecule has 4 saturated carbocycles. The summed E-state index contributed by atoms with van der Waals surface area (Å²) in [7, 11) is 0. The topological polar surface area (TPSA) is 84.5 Å². The molecule has 2 amide bonds. The fraction of sp³-hybridized carbons (Fsp3) is 0.571. The van der Waals surface area contributed by atoms with Crippen molar-refractivity contribution < 1.29 is 19.1 Å². The van der Waals surface area contributed by atoms with Gasteiger partial charge in [0.25, 0.3) is 11.8 Å². The van der Waals surface area contributed by atoms with Crippen LogP contribution in [0.3, 0.4) is 0 Å². The summed E-state index contributed by atoms with van der Waals surface area (Å²) in [5.74, 6) is -0.791. The normalized spacial score (nSPS) is 32.8. The molecule has 180 valence electrons. The van der Waals surface area contributed by atoms with Crippen molar-refractivity contribution in [2.45, 2.75) is 59.5 Å². The van der Waals surface area contributed by atoms with Crippen LogP contribution in [0.2, 0.25) is 0 Å². The number of esters is 1. The number of halogens is 6. The number of amides is 2. The van der Waals surface area contributed by atoms with Crippen LogP contribution in [-0.2, 0) is 14.3 Å². The van der Waals surface area contributed by atoms with Gasteiger partial charge in [-0.05, 0) is 139 Å². The third-order valence-corrected chi connectivity index (χ3v) is 8.77. The molecule has 0 spiro atoms. The Balaban J connectivity index is 1.68. The molecule has 5 rings (SSSR count). The van der Waals surface area contributed by atoms with E-state index in [0.29, 0.717) is 31.2 Å². The summed E-state index contributed by atoms with van der Waals surface area (Å²) < 4.78 is 3.98. The first-order valence-corrected chi connectivity index (χ1v) is 15.0. The van der Waals surface area contributed by atoms with Gasteiger partial charge in [-0.2, -0.15) is 0 Å². The lowest BCUT2D eigenvalue weighted by molar-refractivity contribution is -0.168. The van der Waals surface area contributed by atoms with E-state index in [2.05, 4.69) is 106 Å². The Morgan fingerprint density at radius 3 is 1.73 bits per heavy atom. The van der Waals surface area contributed by atoms with E-state index < -0.39 is 26.9 Å². The van der Waals surface area contributed by atoms with Crippen molar-refractivity contribution in [2.75, 3.05) is 0 Å². The van der Waals surface area contributed by atoms with E-state index in [-0.39, 0.29) is 17.7 Å². The van der Waals surface area contributed by atoms with Crippen LogP contribution in [0.1, 0.15) is 48.9 Å². The minimum absolute atomic E-state index is 0.177. The predicted octanol–water partition coefficient (Wildman–Crippen LogP) is 5.97. The van der Waals surface area contributed by atoms with Crippen LogP contribution in [-0.4, -0.2) is 38.7 Å². The quantitative estimate of drug-likeness (QED) is 0.290. The molecule has 4 fully saturated rings. The second kappa shape index (κ2) is 9.11. The van der Waals surface area contributed by atoms with Crippen LogP contribution in [0.5, 0.6) is 0 Å². The van der Waals surface area contributed by atoms with Crippen molar-refractivity contribution >= 4 is 113 Å². The van der Waals surface area contributed by atoms with Gasteiger partial charge in [0.1, 0.15) is 5.60 Å². The Bertz CT molecular complexity index is 933. The molecule has 0 aliphatic heterocycles. The summed E-state index contributed by atoms with van der Waals surface area (Å²) in [5, 5.41) is 6.36. The Labute approximate surface area is 242 Å². The second-order valence-electron chi connectivity index (χ2n) is 9.41. The fourth-order valence-electron chi connectivity index (χ4n) is 6.20. The van der Waals surface area contributed by atoms with Crippen LogP contribution < -0.4 is 10.6 Å². The van der Waals surface area contributed by atoms with Crippen LogP contribution in [0.25, 0.3) is 0 Å². The molecule has 0 radical (unpaired) electrons. The zero-order chi connectivity index (χ0) is 24.3. The lowest BCUT2D eigenvalue weighted by Crippen LogP contribution is -2.75. The zero-order valence-electron chi connectivity index (χ0n) is 17.1. The van der Waals surface area contributed by atoms with Gasteiger partial charge in [0, 0.05) is 23.9 Å². The SMILES string of the molecule is O=C(OC12CC3CC(NC(=O)C(Br)(Br)Br)(CC(NC(=O)C(Br)(Br)Br)(C3)C1)C2)c1ccccc1. The van der Waals surface area contributed by atoms with Crippen LogP contribution >= 0.6 is 95.6 Å². The molecule has 1 aromatic carbocycles. The van der Waals surface area contributed by atoms with E-state index in [1.54, 1.807) is 24.3 Å². The lowest BCUT2D eigenvalue weighted by Gasteiger charge is -2.65. The van der Waals surface area contributed by atoms with Gasteiger partial charge < -0.3 is 15.4 Å². The molecule has 2 unspecified atom stereocenters. The first-order chi connectivity index (χ1) is 15.2. The molecule has 33 heavy (non-hydrogen) atoms. The van der Waals surface area contributed by atoms with E-state index in [4.69, 9.17) is 4.74 Å². The van der Waals surface area contributed by atoms with Crippen molar-refractivity contribution in [1.82, 2.24) is 10.6 Å². The number of nitrogens with one attached hydrogen (secondary N) is 2. The van der Waals surface area contributed by atoms with Crippen molar-refractivity contribution in [1.29, 1.82) is 0 Å². The maximum atomic E-state index is 13.1. The number of rotatable bonds is 4. The minimum Gasteiger partial charge on any atom is -0.455 e. The van der Waals surface area contributed by atoms with Gasteiger partial charge >= 0.3 is 5.97 Å². The smallest absolute Gasteiger partial charge is 0.338 e. The monoisotopic (exact) mass is 838 g/mol. The molecule has 0 heterocycles. The van der Waals surface area contributed by atoms with Gasteiger partial charge in [0.2, 0.25) is 4.29 Å². The van der Waals surface area contributed by atoms with Crippen molar-refractivity contribution in [3.05, 3.63) is 35.9 Å². The summed E-state index contributed by atoms with van der Waals surface area (Å²) in [6, 6.07) is 8.88. The number of hydrogen-bond donors (Lipinski definition) is 2. The largest absolute Gasteiger partial charge is 0.455 e. The summed E-state index contributed by atoms with van der Waals surface area (Å²) in [6.45, 7) is 0. The number of hydrogen-bond acceptors (Lipinski definition) is 4. The van der Waals surface area contributed by atoms with Gasteiger partial charge in [0.15, 0.2) is 0 Å². The molecule has 4 aliphatic carbocycles. The Hall–Kier alpha value is 0.510. The number of alkyl halides is 6. The molecular formula is C21H20Br6N2O4. The summed E-state index contributed by atoms with van der Waals surface area (Å²) in [6.07, 6.45) is 3.74. The third kappa shape index (κ3) is 5.76. The first-order valence-electron chi connectivity index (χ1n) is 10.2. The third-order valence-electron chi connectivity index (χ3n) is 6.61. The average Bonchev–Trinajstić information content (AvgIpc) is 2.65. The Kier molecular flexibility index (Phi) is 7.34. The van der Waals surface area contributed by atoms with Gasteiger partial charge in [-0.3, -0.25) is 9.59 Å². The van der Waals surface area contributed by atoms with Crippen molar-refractivity contribution in [2.24, 2.45) is 5.92 Å². The predicted molar refractivity (Wildman–Crippen MR) is 147 cm³/mol. The molecule has 0 saturated heterocycles. The Morgan fingerprint density at radius 2 is 1.27 bits per heavy atom. The number of carbonyl (C=O) groups is 3. The first kappa shape index (κ1) is 26.6. The highest BCUT2D eigenvalue weighted by Gasteiger charge is 2.66. The van der Waals surface area contributed by atoms with E-state index in [1.807, 2.05) is 6.07 Å². The molecule has 1 aromatic rings. The van der Waals surface area contributed by atoms with Gasteiger partial charge in [-0.1, -0.05) is 18.2 Å². The maximum Gasteiger partial charge on any atom is 0.338 e. The van der Waals surface area contributed by atoms with E-state index in [1.165, 1.54) is 0 Å². The van der Waals surface area contributed by atoms with Crippen LogP contribution in [0.15, 0.2) is 30.3 Å². The molecule has 12 heteroatoms. The maximum absolute atomic E-state index is 13.1. The fourth-order valence-corrected chi connectivity index (χ4v) is 6.79. The zero-order valence-corrected chi connectivity index (χ0v) is 26.6. The number of carbonyl (C=O) groups excluding carboxylic acids is 3. The molecule has 2 atom stereocenters. The van der Waals surface area contributed by atoms with Crippen LogP contribution in [0.4, 0.5) is 0 Å². The van der Waals surface area contributed by atoms with Gasteiger partial charge in [0.05, 0.1) is 5.56 Å². The lowest BCUT2D eigenvalue weighted by atomic mass is 9.48. The van der Waals surface area contributed by atoms with Gasteiger partial charge in [-0.15, -0.1) is 0 Å².